The zero-order valence-corrected chi connectivity index (χ0v) is 13.3. The molecule has 2 fully saturated rings. The summed E-state index contributed by atoms with van der Waals surface area (Å²) in [5, 5.41) is 29.6. The van der Waals surface area contributed by atoms with Gasteiger partial charge in [0.15, 0.2) is 0 Å². The summed E-state index contributed by atoms with van der Waals surface area (Å²) >= 11 is 0. The van der Waals surface area contributed by atoms with Gasteiger partial charge in [-0.15, -0.1) is 0 Å². The van der Waals surface area contributed by atoms with Crippen LogP contribution in [0.2, 0.25) is 0 Å². The summed E-state index contributed by atoms with van der Waals surface area (Å²) in [5.74, 6) is 0.172. The maximum Gasteiger partial charge on any atom is 0.125 e. The molecule has 2 aliphatic heterocycles. The number of likely N-dealkylation sites (tertiary alicyclic amines) is 1. The molecule has 2 heterocycles. The number of anilines is 1. The number of aliphatic hydroxyl groups is 3. The van der Waals surface area contributed by atoms with Gasteiger partial charge in [-0.3, -0.25) is 4.90 Å². The van der Waals surface area contributed by atoms with E-state index in [4.69, 9.17) is 0 Å². The molecule has 128 valence electrons. The van der Waals surface area contributed by atoms with Crippen molar-refractivity contribution in [3.63, 3.8) is 0 Å². The molecule has 1 aromatic carbocycles. The van der Waals surface area contributed by atoms with E-state index in [1.807, 2.05) is 17.9 Å². The predicted octanol–water partition coefficient (Wildman–Crippen LogP) is 0.439. The van der Waals surface area contributed by atoms with Crippen molar-refractivity contribution in [2.75, 3.05) is 31.1 Å². The van der Waals surface area contributed by atoms with Gasteiger partial charge >= 0.3 is 0 Å². The van der Waals surface area contributed by atoms with Gasteiger partial charge in [0.1, 0.15) is 11.9 Å². The van der Waals surface area contributed by atoms with Gasteiger partial charge in [-0.2, -0.15) is 0 Å². The molecule has 5 nitrogen and oxygen atoms in total. The SMILES string of the molecule is C[C@@H]1[C@@H](O)[C@H](O)[C@@H](O)CN1C[C@H]1CCN(c2cccc(F)c2)C1. The van der Waals surface area contributed by atoms with E-state index in [-0.39, 0.29) is 11.9 Å². The summed E-state index contributed by atoms with van der Waals surface area (Å²) < 4.78 is 13.4. The monoisotopic (exact) mass is 324 g/mol. The Hall–Kier alpha value is -1.21. The lowest BCUT2D eigenvalue weighted by atomic mass is 9.93. The Balaban J connectivity index is 1.59. The Kier molecular flexibility index (Phi) is 4.87. The Bertz CT molecular complexity index is 544. The molecule has 0 unspecified atom stereocenters. The average Bonchev–Trinajstić information content (AvgIpc) is 2.99. The molecular weight excluding hydrogens is 299 g/mol. The second-order valence-electron chi connectivity index (χ2n) is 6.82. The molecule has 5 atom stereocenters. The standard InChI is InChI=1S/C17H25FN2O3/c1-11-16(22)17(23)15(21)10-20(11)9-12-5-6-19(8-12)14-4-2-3-13(18)7-14/h2-4,7,11-12,15-17,21-23H,5-6,8-10H2,1H3/t11-,12+,15+,16-,17-/m1/s1. The van der Waals surface area contributed by atoms with Crippen LogP contribution in [-0.4, -0.2) is 70.8 Å². The molecular formula is C17H25FN2O3. The van der Waals surface area contributed by atoms with E-state index in [1.54, 1.807) is 12.1 Å². The molecule has 6 heteroatoms. The fourth-order valence-corrected chi connectivity index (χ4v) is 3.70. The molecule has 0 aliphatic carbocycles. The Morgan fingerprint density at radius 2 is 1.96 bits per heavy atom. The molecule has 0 spiro atoms. The maximum absolute atomic E-state index is 13.4. The Morgan fingerprint density at radius 3 is 2.70 bits per heavy atom. The van der Waals surface area contributed by atoms with Crippen molar-refractivity contribution in [3.05, 3.63) is 30.1 Å². The van der Waals surface area contributed by atoms with Crippen LogP contribution in [0.1, 0.15) is 13.3 Å². The van der Waals surface area contributed by atoms with Gasteiger partial charge in [-0.05, 0) is 37.5 Å². The first-order valence-corrected chi connectivity index (χ1v) is 8.24. The summed E-state index contributed by atoms with van der Waals surface area (Å²) in [7, 11) is 0. The van der Waals surface area contributed by atoms with Crippen molar-refractivity contribution in [3.8, 4) is 0 Å². The number of nitrogens with zero attached hydrogens (tertiary/aromatic N) is 2. The molecule has 0 saturated carbocycles. The first-order valence-electron chi connectivity index (χ1n) is 8.24. The number of benzene rings is 1. The van der Waals surface area contributed by atoms with E-state index in [1.165, 1.54) is 6.07 Å². The smallest absolute Gasteiger partial charge is 0.125 e. The number of hydrogen-bond acceptors (Lipinski definition) is 5. The lowest BCUT2D eigenvalue weighted by molar-refractivity contribution is -0.134. The Labute approximate surface area is 136 Å². The van der Waals surface area contributed by atoms with Gasteiger partial charge in [0.2, 0.25) is 0 Å². The summed E-state index contributed by atoms with van der Waals surface area (Å²) in [6.07, 6.45) is -1.93. The van der Waals surface area contributed by atoms with Crippen LogP contribution in [-0.2, 0) is 0 Å². The summed E-state index contributed by atoms with van der Waals surface area (Å²) in [6.45, 7) is 4.72. The van der Waals surface area contributed by atoms with Gasteiger partial charge in [-0.1, -0.05) is 6.07 Å². The molecule has 1 aromatic rings. The number of halogens is 1. The van der Waals surface area contributed by atoms with Crippen molar-refractivity contribution in [1.82, 2.24) is 4.90 Å². The molecule has 3 N–H and O–H groups in total. The van der Waals surface area contributed by atoms with E-state index in [0.717, 1.165) is 31.7 Å². The van der Waals surface area contributed by atoms with Crippen molar-refractivity contribution >= 4 is 5.69 Å². The summed E-state index contributed by atoms with van der Waals surface area (Å²) in [6, 6.07) is 6.45. The van der Waals surface area contributed by atoms with E-state index < -0.39 is 18.3 Å². The van der Waals surface area contributed by atoms with E-state index >= 15 is 0 Å². The van der Waals surface area contributed by atoms with Gasteiger partial charge in [0, 0.05) is 37.9 Å². The first-order chi connectivity index (χ1) is 11.0. The van der Waals surface area contributed by atoms with Crippen LogP contribution in [0.3, 0.4) is 0 Å². The van der Waals surface area contributed by atoms with Crippen LogP contribution >= 0.6 is 0 Å². The molecule has 2 aliphatic rings. The van der Waals surface area contributed by atoms with E-state index in [9.17, 15) is 19.7 Å². The first kappa shape index (κ1) is 16.6. The van der Waals surface area contributed by atoms with Gasteiger partial charge in [0.25, 0.3) is 0 Å². The van der Waals surface area contributed by atoms with Crippen LogP contribution in [0, 0.1) is 11.7 Å². The largest absolute Gasteiger partial charge is 0.389 e. The predicted molar refractivity (Wildman–Crippen MR) is 85.8 cm³/mol. The molecule has 0 aromatic heterocycles. The van der Waals surface area contributed by atoms with Crippen molar-refractivity contribution in [2.24, 2.45) is 5.92 Å². The molecule has 3 rings (SSSR count). The minimum absolute atomic E-state index is 0.184. The topological polar surface area (TPSA) is 67.2 Å². The van der Waals surface area contributed by atoms with E-state index in [2.05, 4.69) is 4.90 Å². The maximum atomic E-state index is 13.4. The van der Waals surface area contributed by atoms with Gasteiger partial charge in [-0.25, -0.2) is 4.39 Å². The Morgan fingerprint density at radius 1 is 1.17 bits per heavy atom. The number of aliphatic hydroxyl groups excluding tert-OH is 3. The van der Waals surface area contributed by atoms with Crippen molar-refractivity contribution in [1.29, 1.82) is 0 Å². The minimum atomic E-state index is -1.08. The van der Waals surface area contributed by atoms with Crippen LogP contribution in [0.5, 0.6) is 0 Å². The lowest BCUT2D eigenvalue weighted by Crippen LogP contribution is -2.60. The minimum Gasteiger partial charge on any atom is -0.389 e. The normalized spacial score (nSPS) is 35.7. The highest BCUT2D eigenvalue weighted by Crippen LogP contribution is 2.27. The zero-order valence-electron chi connectivity index (χ0n) is 13.3. The van der Waals surface area contributed by atoms with E-state index in [0.29, 0.717) is 12.5 Å². The van der Waals surface area contributed by atoms with Crippen LogP contribution in [0.15, 0.2) is 24.3 Å². The fourth-order valence-electron chi connectivity index (χ4n) is 3.70. The number of piperidine rings is 1. The quantitative estimate of drug-likeness (QED) is 0.753. The third-order valence-corrected chi connectivity index (χ3v) is 5.19. The number of rotatable bonds is 3. The summed E-state index contributed by atoms with van der Waals surface area (Å²) in [4.78, 5) is 4.21. The highest BCUT2D eigenvalue weighted by Gasteiger charge is 2.40. The van der Waals surface area contributed by atoms with Crippen LogP contribution in [0.25, 0.3) is 0 Å². The van der Waals surface area contributed by atoms with Crippen LogP contribution in [0.4, 0.5) is 10.1 Å². The second kappa shape index (κ2) is 6.73. The summed E-state index contributed by atoms with van der Waals surface area (Å²) in [5.41, 5.74) is 0.898. The highest BCUT2D eigenvalue weighted by molar-refractivity contribution is 5.47. The number of hydrogen-bond donors (Lipinski definition) is 3. The molecule has 0 radical (unpaired) electrons. The molecule has 0 amide bonds. The zero-order chi connectivity index (χ0) is 16.6. The second-order valence-corrected chi connectivity index (χ2v) is 6.82. The average molecular weight is 324 g/mol. The molecule has 2 saturated heterocycles. The van der Waals surface area contributed by atoms with Crippen molar-refractivity contribution < 1.29 is 19.7 Å². The van der Waals surface area contributed by atoms with Crippen LogP contribution < -0.4 is 4.90 Å². The third kappa shape index (κ3) is 3.50. The van der Waals surface area contributed by atoms with Crippen molar-refractivity contribution in [2.45, 2.75) is 37.7 Å². The van der Waals surface area contributed by atoms with Gasteiger partial charge in [0.05, 0.1) is 12.2 Å². The fraction of sp³-hybridized carbons (Fsp3) is 0.647. The number of β-amino-alcohol motifs (C(OH)–C–C–N with tert-alkyl or cyclic N) is 1. The highest BCUT2D eigenvalue weighted by atomic mass is 19.1. The molecule has 0 bridgehead atoms. The lowest BCUT2D eigenvalue weighted by Gasteiger charge is -2.43. The third-order valence-electron chi connectivity index (χ3n) is 5.19. The molecule has 23 heavy (non-hydrogen) atoms. The van der Waals surface area contributed by atoms with Gasteiger partial charge < -0.3 is 20.2 Å².